The maximum absolute atomic E-state index is 5.52. The number of hydrogen-bond donors (Lipinski definition) is 2. The summed E-state index contributed by atoms with van der Waals surface area (Å²) in [5, 5.41) is 7.68. The molecule has 0 saturated carbocycles. The van der Waals surface area contributed by atoms with E-state index in [4.69, 9.17) is 4.74 Å². The quantitative estimate of drug-likeness (QED) is 0.378. The van der Waals surface area contributed by atoms with Gasteiger partial charge in [-0.3, -0.25) is 4.99 Å². The highest BCUT2D eigenvalue weighted by molar-refractivity contribution is 14.0. The predicted octanol–water partition coefficient (Wildman–Crippen LogP) is 3.47. The van der Waals surface area contributed by atoms with Crippen LogP contribution in [-0.2, 0) is 24.4 Å². The summed E-state index contributed by atoms with van der Waals surface area (Å²) in [4.78, 5) is 9.82. The Bertz CT molecular complexity index is 645. The van der Waals surface area contributed by atoms with E-state index in [1.807, 2.05) is 25.3 Å². The Morgan fingerprint density at radius 1 is 1.21 bits per heavy atom. The van der Waals surface area contributed by atoms with Crippen molar-refractivity contribution in [1.82, 2.24) is 15.6 Å². The molecular weight excluding hydrogens is 435 g/mol. The van der Waals surface area contributed by atoms with Gasteiger partial charge in [-0.05, 0) is 25.0 Å². The Morgan fingerprint density at radius 2 is 1.92 bits per heavy atom. The maximum atomic E-state index is 5.52. The molecule has 1 aromatic carbocycles. The second kappa shape index (κ2) is 11.4. The lowest BCUT2D eigenvalue weighted by atomic mass is 10.1. The molecule has 0 saturated heterocycles. The van der Waals surface area contributed by atoms with Crippen LogP contribution in [0.3, 0.4) is 0 Å². The highest BCUT2D eigenvalue weighted by atomic mass is 127. The highest BCUT2D eigenvalue weighted by Gasteiger charge is 2.05. The number of aliphatic imine (C=N–C) groups is 1. The maximum Gasteiger partial charge on any atom is 0.191 e. The molecule has 0 aliphatic carbocycles. The van der Waals surface area contributed by atoms with E-state index in [0.717, 1.165) is 17.6 Å². The summed E-state index contributed by atoms with van der Waals surface area (Å²) < 4.78 is 5.52. The summed E-state index contributed by atoms with van der Waals surface area (Å²) in [6.45, 7) is 6.81. The lowest BCUT2D eigenvalue weighted by molar-refractivity contribution is 0.133. The summed E-state index contributed by atoms with van der Waals surface area (Å²) in [5.74, 6) is 0.768. The first-order valence-corrected chi connectivity index (χ1v) is 8.55. The third-order valence-electron chi connectivity index (χ3n) is 3.33. The van der Waals surface area contributed by atoms with Crippen molar-refractivity contribution in [2.75, 3.05) is 13.7 Å². The van der Waals surface area contributed by atoms with Crippen LogP contribution >= 0.6 is 35.3 Å². The van der Waals surface area contributed by atoms with Gasteiger partial charge in [-0.1, -0.05) is 24.3 Å². The Balaban J connectivity index is 0.00000288. The lowest BCUT2D eigenvalue weighted by Crippen LogP contribution is -2.36. The third-order valence-corrected chi connectivity index (χ3v) is 4.24. The van der Waals surface area contributed by atoms with Crippen LogP contribution in [-0.4, -0.2) is 24.6 Å². The number of nitrogens with one attached hydrogen (secondary N) is 2. The molecule has 132 valence electrons. The SMILES string of the molecule is CCOCc1ccccc1CNC(=NC)NCc1ncc(C)s1.I. The van der Waals surface area contributed by atoms with Gasteiger partial charge in [0, 0.05) is 31.3 Å². The van der Waals surface area contributed by atoms with Gasteiger partial charge in [0.1, 0.15) is 5.01 Å². The molecule has 0 radical (unpaired) electrons. The molecule has 0 atom stereocenters. The first-order valence-electron chi connectivity index (χ1n) is 7.73. The molecule has 0 fully saturated rings. The van der Waals surface area contributed by atoms with Gasteiger partial charge in [-0.2, -0.15) is 0 Å². The van der Waals surface area contributed by atoms with Crippen molar-refractivity contribution in [1.29, 1.82) is 0 Å². The molecule has 5 nitrogen and oxygen atoms in total. The van der Waals surface area contributed by atoms with Gasteiger partial charge < -0.3 is 15.4 Å². The van der Waals surface area contributed by atoms with Crippen molar-refractivity contribution >= 4 is 41.3 Å². The summed E-state index contributed by atoms with van der Waals surface area (Å²) in [6, 6.07) is 8.29. The number of rotatable bonds is 7. The standard InChI is InChI=1S/C17H24N4OS.HI/c1-4-22-12-15-8-6-5-7-14(15)10-20-17(18-3)21-11-16-19-9-13(2)23-16;/h5-9H,4,10-12H2,1-3H3,(H2,18,20,21);1H. The minimum Gasteiger partial charge on any atom is -0.377 e. The van der Waals surface area contributed by atoms with E-state index in [1.165, 1.54) is 16.0 Å². The number of benzene rings is 1. The molecule has 0 aliphatic heterocycles. The van der Waals surface area contributed by atoms with Crippen LogP contribution in [0.5, 0.6) is 0 Å². The first-order chi connectivity index (χ1) is 11.2. The molecule has 0 aliphatic rings. The summed E-state index contributed by atoms with van der Waals surface area (Å²) in [6.07, 6.45) is 1.89. The van der Waals surface area contributed by atoms with Gasteiger partial charge in [-0.15, -0.1) is 35.3 Å². The second-order valence-corrected chi connectivity index (χ2v) is 6.37. The smallest absolute Gasteiger partial charge is 0.191 e. The molecule has 24 heavy (non-hydrogen) atoms. The van der Waals surface area contributed by atoms with E-state index in [9.17, 15) is 0 Å². The van der Waals surface area contributed by atoms with Crippen molar-refractivity contribution in [3.63, 3.8) is 0 Å². The number of thiazole rings is 1. The zero-order chi connectivity index (χ0) is 16.5. The molecule has 0 spiro atoms. The van der Waals surface area contributed by atoms with Crippen molar-refractivity contribution in [2.24, 2.45) is 4.99 Å². The minimum atomic E-state index is 0. The van der Waals surface area contributed by atoms with E-state index >= 15 is 0 Å². The monoisotopic (exact) mass is 460 g/mol. The topological polar surface area (TPSA) is 58.5 Å². The third kappa shape index (κ3) is 6.74. The fourth-order valence-corrected chi connectivity index (χ4v) is 2.85. The van der Waals surface area contributed by atoms with Gasteiger partial charge in [0.25, 0.3) is 0 Å². The van der Waals surface area contributed by atoms with Crippen molar-refractivity contribution < 1.29 is 4.74 Å². The lowest BCUT2D eigenvalue weighted by Gasteiger charge is -2.13. The molecule has 1 heterocycles. The van der Waals surface area contributed by atoms with E-state index in [-0.39, 0.29) is 24.0 Å². The van der Waals surface area contributed by atoms with Crippen LogP contribution in [0.25, 0.3) is 0 Å². The molecule has 7 heteroatoms. The molecule has 0 amide bonds. The second-order valence-electron chi connectivity index (χ2n) is 5.05. The number of hydrogen-bond acceptors (Lipinski definition) is 4. The largest absolute Gasteiger partial charge is 0.377 e. The van der Waals surface area contributed by atoms with E-state index in [1.54, 1.807) is 18.4 Å². The number of halogens is 1. The number of ether oxygens (including phenoxy) is 1. The molecule has 1 aromatic heterocycles. The Kier molecular flexibility index (Phi) is 9.89. The van der Waals surface area contributed by atoms with E-state index in [2.05, 4.69) is 39.7 Å². The molecule has 2 aromatic rings. The number of nitrogens with zero attached hydrogens (tertiary/aromatic N) is 2. The molecule has 2 rings (SSSR count). The Morgan fingerprint density at radius 3 is 2.54 bits per heavy atom. The van der Waals surface area contributed by atoms with Crippen LogP contribution in [0.2, 0.25) is 0 Å². The molecular formula is C17H25IN4OS. The first kappa shape index (κ1) is 20.9. The van der Waals surface area contributed by atoms with Gasteiger partial charge >= 0.3 is 0 Å². The van der Waals surface area contributed by atoms with Gasteiger partial charge in [0.15, 0.2) is 5.96 Å². The van der Waals surface area contributed by atoms with E-state index in [0.29, 0.717) is 19.7 Å². The highest BCUT2D eigenvalue weighted by Crippen LogP contribution is 2.11. The van der Waals surface area contributed by atoms with E-state index < -0.39 is 0 Å². The number of aryl methyl sites for hydroxylation is 1. The Labute approximate surface area is 165 Å². The van der Waals surface area contributed by atoms with Crippen LogP contribution in [0.4, 0.5) is 0 Å². The van der Waals surface area contributed by atoms with Crippen LogP contribution in [0.1, 0.15) is 27.9 Å². The number of aromatic nitrogens is 1. The predicted molar refractivity (Wildman–Crippen MR) is 111 cm³/mol. The summed E-state index contributed by atoms with van der Waals surface area (Å²) >= 11 is 1.69. The normalized spacial score (nSPS) is 11.0. The van der Waals surface area contributed by atoms with Crippen molar-refractivity contribution in [2.45, 2.75) is 33.5 Å². The van der Waals surface area contributed by atoms with Gasteiger partial charge in [0.2, 0.25) is 0 Å². The van der Waals surface area contributed by atoms with Gasteiger partial charge in [0.05, 0.1) is 13.2 Å². The molecule has 0 unspecified atom stereocenters. The molecule has 2 N–H and O–H groups in total. The van der Waals surface area contributed by atoms with Crippen molar-refractivity contribution in [3.05, 3.63) is 51.5 Å². The molecule has 0 bridgehead atoms. The average molecular weight is 460 g/mol. The van der Waals surface area contributed by atoms with Crippen LogP contribution < -0.4 is 10.6 Å². The fraction of sp³-hybridized carbons (Fsp3) is 0.412. The van der Waals surface area contributed by atoms with Crippen LogP contribution in [0, 0.1) is 6.92 Å². The van der Waals surface area contributed by atoms with Gasteiger partial charge in [-0.25, -0.2) is 4.98 Å². The zero-order valence-electron chi connectivity index (χ0n) is 14.3. The Hall–Kier alpha value is -1.19. The van der Waals surface area contributed by atoms with Crippen LogP contribution in [0.15, 0.2) is 35.5 Å². The van der Waals surface area contributed by atoms with Crippen molar-refractivity contribution in [3.8, 4) is 0 Å². The summed E-state index contributed by atoms with van der Waals surface area (Å²) in [5.41, 5.74) is 2.42. The zero-order valence-corrected chi connectivity index (χ0v) is 17.5. The fourth-order valence-electron chi connectivity index (χ4n) is 2.12. The average Bonchev–Trinajstić information content (AvgIpc) is 2.99. The summed E-state index contributed by atoms with van der Waals surface area (Å²) in [7, 11) is 1.77. The number of guanidine groups is 1. The minimum absolute atomic E-state index is 0.